The molecular weight excluding hydrogens is 474 g/mol. The number of hydrogen-bond acceptors (Lipinski definition) is 9. The molecule has 0 fully saturated rings. The first kappa shape index (κ1) is 32.2. The zero-order chi connectivity index (χ0) is 26.9. The molecular formula is C24H45N3O9. The van der Waals surface area contributed by atoms with Crippen molar-refractivity contribution in [2.75, 3.05) is 39.6 Å². The van der Waals surface area contributed by atoms with Gasteiger partial charge in [0, 0.05) is 78.5 Å². The van der Waals surface area contributed by atoms with Gasteiger partial charge in [0.05, 0.1) is 0 Å². The predicted octanol–water partition coefficient (Wildman–Crippen LogP) is 1.54. The molecule has 1 aromatic rings. The van der Waals surface area contributed by atoms with E-state index < -0.39 is 35.9 Å². The Morgan fingerprint density at radius 3 is 0.806 bits per heavy atom. The molecule has 0 atom stereocenters. The van der Waals surface area contributed by atoms with Crippen LogP contribution in [0.5, 0.6) is 0 Å². The standard InChI is InChI=1S/C24H45N3O9/c1-7-31-19(32-8-2)13-16-25-22(28)26(17-14-20(33-9-3)34-10-4)24(30)27(23(25)29)18-15-21(35-11-5)36-12-6/h19-21H,7-18H2,1-6H3. The van der Waals surface area contributed by atoms with Crippen LogP contribution in [0.1, 0.15) is 60.8 Å². The van der Waals surface area contributed by atoms with Gasteiger partial charge in [0.1, 0.15) is 0 Å². The average Bonchev–Trinajstić information content (AvgIpc) is 2.84. The molecule has 12 heteroatoms. The molecule has 0 aliphatic rings. The summed E-state index contributed by atoms with van der Waals surface area (Å²) >= 11 is 0. The van der Waals surface area contributed by atoms with Gasteiger partial charge in [-0.25, -0.2) is 28.1 Å². The Hall–Kier alpha value is -1.83. The molecule has 0 unspecified atom stereocenters. The SMILES string of the molecule is CCOC(CCn1c(=O)n(CCC(OCC)OCC)c(=O)n(CCC(OCC)OCC)c1=O)OCC. The summed E-state index contributed by atoms with van der Waals surface area (Å²) < 4.78 is 36.5. The van der Waals surface area contributed by atoms with Gasteiger partial charge < -0.3 is 28.4 Å². The molecule has 210 valence electrons. The minimum absolute atomic E-state index is 0.0311. The first-order valence-electron chi connectivity index (χ1n) is 13.0. The summed E-state index contributed by atoms with van der Waals surface area (Å²) in [6, 6.07) is 0. The van der Waals surface area contributed by atoms with Crippen LogP contribution in [-0.4, -0.2) is 72.2 Å². The highest BCUT2D eigenvalue weighted by Gasteiger charge is 2.20. The van der Waals surface area contributed by atoms with Gasteiger partial charge in [0.15, 0.2) is 18.9 Å². The van der Waals surface area contributed by atoms with Crippen molar-refractivity contribution in [2.24, 2.45) is 0 Å². The lowest BCUT2D eigenvalue weighted by molar-refractivity contribution is -0.142. The first-order chi connectivity index (χ1) is 17.4. The van der Waals surface area contributed by atoms with Crippen LogP contribution in [0.4, 0.5) is 0 Å². The van der Waals surface area contributed by atoms with Crippen LogP contribution in [-0.2, 0) is 48.1 Å². The minimum atomic E-state index is -0.689. The summed E-state index contributed by atoms with van der Waals surface area (Å²) in [4.78, 5) is 39.8. The summed E-state index contributed by atoms with van der Waals surface area (Å²) in [5, 5.41) is 0. The molecule has 12 nitrogen and oxygen atoms in total. The predicted molar refractivity (Wildman–Crippen MR) is 134 cm³/mol. The van der Waals surface area contributed by atoms with E-state index in [4.69, 9.17) is 28.4 Å². The van der Waals surface area contributed by atoms with Crippen molar-refractivity contribution in [3.05, 3.63) is 31.5 Å². The second-order valence-corrected chi connectivity index (χ2v) is 7.69. The molecule has 0 amide bonds. The van der Waals surface area contributed by atoms with Gasteiger partial charge in [-0.05, 0) is 41.5 Å². The highest BCUT2D eigenvalue weighted by atomic mass is 16.7. The molecule has 0 aliphatic carbocycles. The number of rotatable bonds is 21. The van der Waals surface area contributed by atoms with Crippen molar-refractivity contribution in [1.82, 2.24) is 13.7 Å². The number of aromatic nitrogens is 3. The Morgan fingerprint density at radius 2 is 0.639 bits per heavy atom. The molecule has 0 saturated heterocycles. The van der Waals surface area contributed by atoms with E-state index >= 15 is 0 Å². The molecule has 36 heavy (non-hydrogen) atoms. The lowest BCUT2D eigenvalue weighted by Crippen LogP contribution is -2.55. The molecule has 1 aromatic heterocycles. The van der Waals surface area contributed by atoms with E-state index in [2.05, 4.69) is 0 Å². The van der Waals surface area contributed by atoms with Gasteiger partial charge in [-0.3, -0.25) is 0 Å². The largest absolute Gasteiger partial charge is 0.353 e. The third kappa shape index (κ3) is 10.3. The Bertz CT molecular complexity index is 734. The fourth-order valence-corrected chi connectivity index (χ4v) is 3.72. The number of ether oxygens (including phenoxy) is 6. The molecule has 0 spiro atoms. The van der Waals surface area contributed by atoms with Crippen molar-refractivity contribution in [3.8, 4) is 0 Å². The second-order valence-electron chi connectivity index (χ2n) is 7.69. The van der Waals surface area contributed by atoms with Crippen molar-refractivity contribution in [2.45, 2.75) is 99.3 Å². The summed E-state index contributed by atoms with van der Waals surface area (Å²) in [5.41, 5.74) is -2.07. The van der Waals surface area contributed by atoms with Crippen LogP contribution in [0.15, 0.2) is 14.4 Å². The van der Waals surface area contributed by atoms with E-state index in [-0.39, 0.29) is 38.9 Å². The van der Waals surface area contributed by atoms with Crippen molar-refractivity contribution in [3.63, 3.8) is 0 Å². The lowest BCUT2D eigenvalue weighted by atomic mass is 10.3. The molecule has 0 N–H and O–H groups in total. The van der Waals surface area contributed by atoms with Crippen LogP contribution < -0.4 is 17.1 Å². The third-order valence-electron chi connectivity index (χ3n) is 5.27. The Balaban J connectivity index is 3.36. The molecule has 0 bridgehead atoms. The number of hydrogen-bond donors (Lipinski definition) is 0. The molecule has 1 rings (SSSR count). The summed E-state index contributed by atoms with van der Waals surface area (Å²) in [6.45, 7) is 13.7. The van der Waals surface area contributed by atoms with Gasteiger partial charge >= 0.3 is 17.1 Å². The normalized spacial score (nSPS) is 11.9. The van der Waals surface area contributed by atoms with Gasteiger partial charge in [0.2, 0.25) is 0 Å². The summed E-state index contributed by atoms with van der Waals surface area (Å²) in [6.07, 6.45) is -0.885. The topological polar surface area (TPSA) is 121 Å². The van der Waals surface area contributed by atoms with Crippen molar-refractivity contribution < 1.29 is 28.4 Å². The van der Waals surface area contributed by atoms with Gasteiger partial charge in [0.25, 0.3) is 0 Å². The minimum Gasteiger partial charge on any atom is -0.353 e. The van der Waals surface area contributed by atoms with Crippen LogP contribution in [0.2, 0.25) is 0 Å². The molecule has 0 radical (unpaired) electrons. The quantitative estimate of drug-likeness (QED) is 0.223. The highest BCUT2D eigenvalue weighted by Crippen LogP contribution is 2.05. The molecule has 0 aromatic carbocycles. The van der Waals surface area contributed by atoms with Crippen molar-refractivity contribution in [1.29, 1.82) is 0 Å². The zero-order valence-electron chi connectivity index (χ0n) is 22.7. The van der Waals surface area contributed by atoms with E-state index in [1.165, 1.54) is 0 Å². The Labute approximate surface area is 213 Å². The van der Waals surface area contributed by atoms with E-state index in [9.17, 15) is 14.4 Å². The highest BCUT2D eigenvalue weighted by molar-refractivity contribution is 4.80. The fourth-order valence-electron chi connectivity index (χ4n) is 3.72. The third-order valence-corrected chi connectivity index (χ3v) is 5.27. The monoisotopic (exact) mass is 519 g/mol. The van der Waals surface area contributed by atoms with E-state index in [0.717, 1.165) is 13.7 Å². The zero-order valence-corrected chi connectivity index (χ0v) is 22.7. The van der Waals surface area contributed by atoms with Crippen LogP contribution in [0.25, 0.3) is 0 Å². The van der Waals surface area contributed by atoms with E-state index in [1.54, 1.807) is 0 Å². The second kappa shape index (κ2) is 18.4. The Kier molecular flexibility index (Phi) is 16.5. The maximum Gasteiger partial charge on any atom is 0.336 e. The maximum atomic E-state index is 13.3. The smallest absolute Gasteiger partial charge is 0.336 e. The van der Waals surface area contributed by atoms with Gasteiger partial charge in [-0.1, -0.05) is 0 Å². The maximum absolute atomic E-state index is 13.3. The average molecular weight is 520 g/mol. The van der Waals surface area contributed by atoms with Gasteiger partial charge in [-0.15, -0.1) is 0 Å². The van der Waals surface area contributed by atoms with E-state index in [0.29, 0.717) is 39.6 Å². The Morgan fingerprint density at radius 1 is 0.444 bits per heavy atom. The number of nitrogens with zero attached hydrogens (tertiary/aromatic N) is 3. The summed E-state index contributed by atoms with van der Waals surface area (Å²) in [5.74, 6) is 0. The van der Waals surface area contributed by atoms with Gasteiger partial charge in [-0.2, -0.15) is 0 Å². The van der Waals surface area contributed by atoms with Crippen LogP contribution in [0, 0.1) is 0 Å². The fraction of sp³-hybridized carbons (Fsp3) is 0.875. The summed E-state index contributed by atoms with van der Waals surface area (Å²) in [7, 11) is 0. The molecule has 0 saturated carbocycles. The van der Waals surface area contributed by atoms with E-state index in [1.807, 2.05) is 41.5 Å². The lowest BCUT2D eigenvalue weighted by Gasteiger charge is -2.21. The van der Waals surface area contributed by atoms with Crippen LogP contribution in [0.3, 0.4) is 0 Å². The van der Waals surface area contributed by atoms with Crippen LogP contribution >= 0.6 is 0 Å². The van der Waals surface area contributed by atoms with Crippen molar-refractivity contribution >= 4 is 0 Å². The molecule has 1 heterocycles. The molecule has 0 aliphatic heterocycles. The first-order valence-corrected chi connectivity index (χ1v) is 13.0.